The predicted molar refractivity (Wildman–Crippen MR) is 80.6 cm³/mol. The summed E-state index contributed by atoms with van der Waals surface area (Å²) in [6, 6.07) is 2.68. The Morgan fingerprint density at radius 1 is 1.33 bits per heavy atom. The largest absolute Gasteiger partial charge is 0.325 e. The molecule has 1 saturated carbocycles. The highest BCUT2D eigenvalue weighted by atomic mass is 35.5. The van der Waals surface area contributed by atoms with Gasteiger partial charge in [0.1, 0.15) is 11.3 Å². The van der Waals surface area contributed by atoms with Crippen LogP contribution in [0, 0.1) is 23.5 Å². The minimum atomic E-state index is -0.819. The summed E-state index contributed by atoms with van der Waals surface area (Å²) in [5, 5.41) is 0. The summed E-state index contributed by atoms with van der Waals surface area (Å²) >= 11 is 5.83. The van der Waals surface area contributed by atoms with Crippen LogP contribution in [-0.2, 0) is 13.0 Å². The minimum Gasteiger partial charge on any atom is -0.325 e. The van der Waals surface area contributed by atoms with Crippen LogP contribution < -0.4 is 0 Å². The zero-order valence-electron chi connectivity index (χ0n) is 12.1. The molecule has 5 heteroatoms. The Morgan fingerprint density at radius 3 is 2.81 bits per heavy atom. The van der Waals surface area contributed by atoms with Crippen molar-refractivity contribution in [3.63, 3.8) is 0 Å². The molecule has 1 aliphatic carbocycles. The molecule has 0 aliphatic heterocycles. The molecule has 1 aliphatic rings. The van der Waals surface area contributed by atoms with Crippen molar-refractivity contribution in [1.29, 1.82) is 0 Å². The molecule has 2 atom stereocenters. The van der Waals surface area contributed by atoms with Gasteiger partial charge in [-0.05, 0) is 36.8 Å². The number of halogens is 3. The van der Waals surface area contributed by atoms with E-state index in [1.54, 1.807) is 6.07 Å². The van der Waals surface area contributed by atoms with Crippen molar-refractivity contribution in [2.45, 2.75) is 39.2 Å². The average molecular weight is 313 g/mol. The number of imidazole rings is 1. The van der Waals surface area contributed by atoms with Crippen LogP contribution in [0.15, 0.2) is 12.1 Å². The van der Waals surface area contributed by atoms with Gasteiger partial charge in [0.05, 0.1) is 5.52 Å². The second kappa shape index (κ2) is 5.91. The fourth-order valence-electron chi connectivity index (χ4n) is 3.43. The van der Waals surface area contributed by atoms with E-state index in [2.05, 4.69) is 11.9 Å². The molecule has 21 heavy (non-hydrogen) atoms. The summed E-state index contributed by atoms with van der Waals surface area (Å²) in [5.74, 6) is 0.780. The van der Waals surface area contributed by atoms with E-state index < -0.39 is 11.6 Å². The van der Waals surface area contributed by atoms with Crippen molar-refractivity contribution in [3.05, 3.63) is 29.6 Å². The third-order valence-electron chi connectivity index (χ3n) is 4.44. The number of alkyl halides is 1. The summed E-state index contributed by atoms with van der Waals surface area (Å²) in [7, 11) is 0. The fraction of sp³-hybridized carbons (Fsp3) is 0.562. The standard InChI is InChI=1S/C16H19ClF2N2/c1-10-2-3-11(8-10)9-21-14(6-7-17)20-13-5-4-12(18)15(19)16(13)21/h4-5,10-11H,2-3,6-9H2,1H3. The molecular weight excluding hydrogens is 294 g/mol. The maximum atomic E-state index is 14.2. The van der Waals surface area contributed by atoms with Gasteiger partial charge >= 0.3 is 0 Å². The highest BCUT2D eigenvalue weighted by Gasteiger charge is 2.25. The smallest absolute Gasteiger partial charge is 0.184 e. The predicted octanol–water partition coefficient (Wildman–Crippen LogP) is 4.53. The van der Waals surface area contributed by atoms with Crippen molar-refractivity contribution in [2.75, 3.05) is 5.88 Å². The number of rotatable bonds is 4. The molecule has 114 valence electrons. The van der Waals surface area contributed by atoms with Gasteiger partial charge in [0.15, 0.2) is 11.6 Å². The normalized spacial score (nSPS) is 22.3. The molecule has 0 amide bonds. The van der Waals surface area contributed by atoms with Crippen LogP contribution in [0.2, 0.25) is 0 Å². The van der Waals surface area contributed by atoms with Crippen LogP contribution in [-0.4, -0.2) is 15.4 Å². The minimum absolute atomic E-state index is 0.287. The van der Waals surface area contributed by atoms with Crippen molar-refractivity contribution < 1.29 is 8.78 Å². The van der Waals surface area contributed by atoms with E-state index in [-0.39, 0.29) is 5.52 Å². The van der Waals surface area contributed by atoms with E-state index in [0.29, 0.717) is 36.2 Å². The zero-order valence-corrected chi connectivity index (χ0v) is 12.8. The van der Waals surface area contributed by atoms with Gasteiger partial charge in [-0.1, -0.05) is 13.3 Å². The Hall–Kier alpha value is -1.16. The van der Waals surface area contributed by atoms with Gasteiger partial charge in [-0.25, -0.2) is 13.8 Å². The Morgan fingerprint density at radius 2 is 2.14 bits per heavy atom. The molecule has 0 bridgehead atoms. The van der Waals surface area contributed by atoms with E-state index >= 15 is 0 Å². The third-order valence-corrected chi connectivity index (χ3v) is 4.63. The Balaban J connectivity index is 2.04. The van der Waals surface area contributed by atoms with E-state index in [1.807, 2.05) is 4.57 Å². The molecule has 0 radical (unpaired) electrons. The SMILES string of the molecule is CC1CCC(Cn2c(CCCl)nc3ccc(F)c(F)c32)C1. The maximum Gasteiger partial charge on any atom is 0.184 e. The monoisotopic (exact) mass is 312 g/mol. The van der Waals surface area contributed by atoms with Crippen molar-refractivity contribution in [1.82, 2.24) is 9.55 Å². The number of fused-ring (bicyclic) bond motifs is 1. The molecule has 2 nitrogen and oxygen atoms in total. The maximum absolute atomic E-state index is 14.2. The number of hydrogen-bond donors (Lipinski definition) is 0. The number of benzene rings is 1. The Kier molecular flexibility index (Phi) is 4.16. The second-order valence-corrected chi connectivity index (χ2v) is 6.47. The summed E-state index contributed by atoms with van der Waals surface area (Å²) < 4.78 is 29.6. The Labute approximate surface area is 128 Å². The molecule has 0 saturated heterocycles. The van der Waals surface area contributed by atoms with Gasteiger partial charge in [-0.2, -0.15) is 0 Å². The lowest BCUT2D eigenvalue weighted by Gasteiger charge is -2.14. The summed E-state index contributed by atoms with van der Waals surface area (Å²) in [6.45, 7) is 2.94. The average Bonchev–Trinajstić information content (AvgIpc) is 3.00. The van der Waals surface area contributed by atoms with E-state index in [9.17, 15) is 8.78 Å². The fourth-order valence-corrected chi connectivity index (χ4v) is 3.60. The summed E-state index contributed by atoms with van der Waals surface area (Å²) in [4.78, 5) is 4.44. The first-order valence-corrected chi connectivity index (χ1v) is 8.02. The quantitative estimate of drug-likeness (QED) is 0.758. The topological polar surface area (TPSA) is 17.8 Å². The van der Waals surface area contributed by atoms with E-state index in [4.69, 9.17) is 11.6 Å². The van der Waals surface area contributed by atoms with Crippen molar-refractivity contribution in [3.8, 4) is 0 Å². The molecule has 1 aromatic heterocycles. The summed E-state index contributed by atoms with van der Waals surface area (Å²) in [5.41, 5.74) is 0.801. The molecule has 1 aromatic carbocycles. The lowest BCUT2D eigenvalue weighted by molar-refractivity contribution is 0.434. The van der Waals surface area contributed by atoms with Gasteiger partial charge in [-0.15, -0.1) is 11.6 Å². The lowest BCUT2D eigenvalue weighted by atomic mass is 10.1. The molecule has 1 heterocycles. The molecule has 2 aromatic rings. The third kappa shape index (κ3) is 2.78. The van der Waals surface area contributed by atoms with Crippen LogP contribution in [0.3, 0.4) is 0 Å². The number of aromatic nitrogens is 2. The van der Waals surface area contributed by atoms with Crippen molar-refractivity contribution >= 4 is 22.6 Å². The van der Waals surface area contributed by atoms with Crippen LogP contribution in [0.25, 0.3) is 11.0 Å². The highest BCUT2D eigenvalue weighted by Crippen LogP contribution is 2.33. The van der Waals surface area contributed by atoms with Crippen LogP contribution in [0.1, 0.15) is 32.0 Å². The lowest BCUT2D eigenvalue weighted by Crippen LogP contribution is -2.12. The second-order valence-electron chi connectivity index (χ2n) is 6.09. The molecule has 1 fully saturated rings. The van der Waals surface area contributed by atoms with Gasteiger partial charge in [0.25, 0.3) is 0 Å². The molecule has 0 spiro atoms. The van der Waals surface area contributed by atoms with Gasteiger partial charge in [0.2, 0.25) is 0 Å². The first kappa shape index (κ1) is 14.8. The Bertz CT molecular complexity index is 653. The molecular formula is C16H19ClF2N2. The first-order valence-electron chi connectivity index (χ1n) is 7.49. The van der Waals surface area contributed by atoms with E-state index in [1.165, 1.54) is 6.42 Å². The van der Waals surface area contributed by atoms with Crippen molar-refractivity contribution in [2.24, 2.45) is 11.8 Å². The summed E-state index contributed by atoms with van der Waals surface area (Å²) in [6.07, 6.45) is 4.05. The zero-order chi connectivity index (χ0) is 15.0. The molecule has 0 N–H and O–H groups in total. The number of aryl methyl sites for hydroxylation is 1. The van der Waals surface area contributed by atoms with Gasteiger partial charge < -0.3 is 4.57 Å². The molecule has 3 rings (SSSR count). The highest BCUT2D eigenvalue weighted by molar-refractivity contribution is 6.17. The van der Waals surface area contributed by atoms with Crippen LogP contribution >= 0.6 is 11.6 Å². The number of nitrogens with zero attached hydrogens (tertiary/aromatic N) is 2. The first-order chi connectivity index (χ1) is 10.1. The van der Waals surface area contributed by atoms with Crippen LogP contribution in [0.4, 0.5) is 8.78 Å². The molecule has 2 unspecified atom stereocenters. The van der Waals surface area contributed by atoms with Gasteiger partial charge in [-0.3, -0.25) is 0 Å². The van der Waals surface area contributed by atoms with Crippen LogP contribution in [0.5, 0.6) is 0 Å². The van der Waals surface area contributed by atoms with Gasteiger partial charge in [0, 0.05) is 18.8 Å². The van der Waals surface area contributed by atoms with E-state index in [0.717, 1.165) is 24.7 Å². The number of hydrogen-bond acceptors (Lipinski definition) is 1.